The van der Waals surface area contributed by atoms with Crippen LogP contribution in [-0.4, -0.2) is 30.4 Å². The minimum absolute atomic E-state index is 0. The predicted molar refractivity (Wildman–Crippen MR) is 81.2 cm³/mol. The molecule has 118 valence electrons. The first-order valence-electron chi connectivity index (χ1n) is 6.22. The van der Waals surface area contributed by atoms with Gasteiger partial charge in [0.1, 0.15) is 5.54 Å². The van der Waals surface area contributed by atoms with Crippen LogP contribution >= 0.6 is 24.2 Å². The molecule has 1 heterocycles. The van der Waals surface area contributed by atoms with Gasteiger partial charge in [0, 0.05) is 23.8 Å². The lowest BCUT2D eigenvalue weighted by Crippen LogP contribution is -2.54. The second kappa shape index (κ2) is 7.93. The molecule has 2 rings (SSSR count). The van der Waals surface area contributed by atoms with Crippen molar-refractivity contribution in [3.05, 3.63) is 24.3 Å². The Labute approximate surface area is 132 Å². The van der Waals surface area contributed by atoms with Gasteiger partial charge in [0.15, 0.2) is 0 Å². The smallest absolute Gasteiger partial charge is 0.288 e. The van der Waals surface area contributed by atoms with Crippen LogP contribution in [-0.2, 0) is 9.53 Å². The number of benzene rings is 1. The zero-order valence-corrected chi connectivity index (χ0v) is 12.8. The first kappa shape index (κ1) is 18.2. The van der Waals surface area contributed by atoms with Crippen molar-refractivity contribution >= 4 is 35.8 Å². The van der Waals surface area contributed by atoms with Gasteiger partial charge in [0.2, 0.25) is 5.91 Å². The number of anilines is 1. The highest BCUT2D eigenvalue weighted by atomic mass is 35.5. The zero-order valence-electron chi connectivity index (χ0n) is 11.2. The van der Waals surface area contributed by atoms with Crippen LogP contribution in [0.25, 0.3) is 0 Å². The van der Waals surface area contributed by atoms with Gasteiger partial charge in [-0.1, -0.05) is 17.8 Å². The lowest BCUT2D eigenvalue weighted by Gasteiger charge is -2.31. The summed E-state index contributed by atoms with van der Waals surface area (Å²) in [6.07, 6.45) is 0.897. The van der Waals surface area contributed by atoms with Crippen molar-refractivity contribution in [2.45, 2.75) is 29.0 Å². The van der Waals surface area contributed by atoms with Crippen LogP contribution in [0, 0.1) is 0 Å². The third-order valence-electron chi connectivity index (χ3n) is 3.15. The minimum atomic E-state index is -2.49. The first-order valence-corrected chi connectivity index (χ1v) is 7.10. The number of nitrogens with two attached hydrogens (primary N) is 1. The standard InChI is InChI=1S/C13H16F2N2O2S.ClH/c14-12(15)20-10-3-1-2-9(8-10)17-11(18)13(16)4-6-19-7-5-13;/h1-3,8,12H,4-7,16H2,(H,17,18);1H. The normalized spacial score (nSPS) is 17.1. The van der Waals surface area contributed by atoms with Gasteiger partial charge in [0.05, 0.1) is 0 Å². The van der Waals surface area contributed by atoms with Crippen LogP contribution in [0.4, 0.5) is 14.5 Å². The minimum Gasteiger partial charge on any atom is -0.381 e. The highest BCUT2D eigenvalue weighted by Crippen LogP contribution is 2.28. The number of nitrogens with one attached hydrogen (secondary N) is 1. The van der Waals surface area contributed by atoms with E-state index in [1.807, 2.05) is 0 Å². The Balaban J connectivity index is 0.00000220. The Bertz CT molecular complexity index is 485. The van der Waals surface area contributed by atoms with Crippen molar-refractivity contribution in [2.24, 2.45) is 5.73 Å². The zero-order chi connectivity index (χ0) is 14.6. The number of halogens is 3. The number of carbonyl (C=O) groups is 1. The van der Waals surface area contributed by atoms with Crippen LogP contribution in [0.2, 0.25) is 0 Å². The Hall–Kier alpha value is -0.890. The second-order valence-corrected chi connectivity index (χ2v) is 5.69. The molecule has 0 atom stereocenters. The van der Waals surface area contributed by atoms with Gasteiger partial charge in [-0.15, -0.1) is 12.4 Å². The van der Waals surface area contributed by atoms with E-state index in [0.29, 0.717) is 48.4 Å². The van der Waals surface area contributed by atoms with Gasteiger partial charge < -0.3 is 15.8 Å². The first-order chi connectivity index (χ1) is 9.49. The number of hydrogen-bond acceptors (Lipinski definition) is 4. The number of hydrogen-bond donors (Lipinski definition) is 2. The van der Waals surface area contributed by atoms with E-state index in [0.717, 1.165) is 0 Å². The average Bonchev–Trinajstić information content (AvgIpc) is 2.39. The highest BCUT2D eigenvalue weighted by molar-refractivity contribution is 7.99. The quantitative estimate of drug-likeness (QED) is 0.829. The van der Waals surface area contributed by atoms with Crippen molar-refractivity contribution in [3.8, 4) is 0 Å². The molecular weight excluding hydrogens is 322 g/mol. The van der Waals surface area contributed by atoms with Gasteiger partial charge in [-0.2, -0.15) is 8.78 Å². The number of carbonyl (C=O) groups excluding carboxylic acids is 1. The topological polar surface area (TPSA) is 64.4 Å². The fraction of sp³-hybridized carbons (Fsp3) is 0.462. The van der Waals surface area contributed by atoms with Crippen molar-refractivity contribution in [2.75, 3.05) is 18.5 Å². The van der Waals surface area contributed by atoms with Crippen LogP contribution in [0.1, 0.15) is 12.8 Å². The molecule has 1 aliphatic heterocycles. The molecule has 0 unspecified atom stereocenters. The Morgan fingerprint density at radius 1 is 1.38 bits per heavy atom. The summed E-state index contributed by atoms with van der Waals surface area (Å²) in [5.74, 6) is -2.79. The molecule has 21 heavy (non-hydrogen) atoms. The third kappa shape index (κ3) is 5.10. The summed E-state index contributed by atoms with van der Waals surface area (Å²) in [6.45, 7) is 0.899. The molecular formula is C13H17ClF2N2O2S. The lowest BCUT2D eigenvalue weighted by atomic mass is 9.90. The molecule has 3 N–H and O–H groups in total. The maximum Gasteiger partial charge on any atom is 0.288 e. The second-order valence-electron chi connectivity index (χ2n) is 4.63. The molecule has 0 aliphatic carbocycles. The summed E-state index contributed by atoms with van der Waals surface area (Å²) in [5.41, 5.74) is 5.57. The molecule has 0 saturated carbocycles. The van der Waals surface area contributed by atoms with Gasteiger partial charge in [-0.3, -0.25) is 4.79 Å². The van der Waals surface area contributed by atoms with E-state index < -0.39 is 11.3 Å². The van der Waals surface area contributed by atoms with Crippen LogP contribution in [0.5, 0.6) is 0 Å². The van der Waals surface area contributed by atoms with Crippen molar-refractivity contribution in [1.29, 1.82) is 0 Å². The van der Waals surface area contributed by atoms with E-state index in [2.05, 4.69) is 5.32 Å². The molecule has 8 heteroatoms. The highest BCUT2D eigenvalue weighted by Gasteiger charge is 2.35. The SMILES string of the molecule is Cl.NC1(C(=O)Nc2cccc(SC(F)F)c2)CCOCC1. The van der Waals surface area contributed by atoms with Crippen LogP contribution in [0.15, 0.2) is 29.2 Å². The van der Waals surface area contributed by atoms with E-state index in [9.17, 15) is 13.6 Å². The van der Waals surface area contributed by atoms with Gasteiger partial charge in [0.25, 0.3) is 5.76 Å². The monoisotopic (exact) mass is 338 g/mol. The molecule has 1 amide bonds. The maximum atomic E-state index is 12.3. The number of alkyl halides is 2. The van der Waals surface area contributed by atoms with E-state index in [1.165, 1.54) is 6.07 Å². The van der Waals surface area contributed by atoms with Crippen LogP contribution in [0.3, 0.4) is 0 Å². The summed E-state index contributed by atoms with van der Waals surface area (Å²) in [5, 5.41) is 2.69. The molecule has 1 aromatic rings. The largest absolute Gasteiger partial charge is 0.381 e. The molecule has 1 fully saturated rings. The Kier molecular flexibility index (Phi) is 6.86. The fourth-order valence-electron chi connectivity index (χ4n) is 1.97. The summed E-state index contributed by atoms with van der Waals surface area (Å²) < 4.78 is 29.8. The molecule has 0 spiro atoms. The third-order valence-corrected chi connectivity index (χ3v) is 3.86. The summed E-state index contributed by atoms with van der Waals surface area (Å²) >= 11 is 0.438. The van der Waals surface area contributed by atoms with Crippen molar-refractivity contribution in [1.82, 2.24) is 0 Å². The van der Waals surface area contributed by atoms with Gasteiger partial charge >= 0.3 is 0 Å². The predicted octanol–water partition coefficient (Wildman–Crippen LogP) is 2.87. The number of ether oxygens (including phenoxy) is 1. The molecule has 4 nitrogen and oxygen atoms in total. The van der Waals surface area contributed by atoms with Crippen LogP contribution < -0.4 is 11.1 Å². The lowest BCUT2D eigenvalue weighted by molar-refractivity contribution is -0.124. The summed E-state index contributed by atoms with van der Waals surface area (Å²) in [6, 6.07) is 6.35. The number of amides is 1. The number of thioether (sulfide) groups is 1. The summed E-state index contributed by atoms with van der Waals surface area (Å²) in [7, 11) is 0. The Morgan fingerprint density at radius 3 is 2.67 bits per heavy atom. The molecule has 1 aliphatic rings. The van der Waals surface area contributed by atoms with Gasteiger partial charge in [-0.25, -0.2) is 0 Å². The van der Waals surface area contributed by atoms with Crippen molar-refractivity contribution in [3.63, 3.8) is 0 Å². The Morgan fingerprint density at radius 2 is 2.05 bits per heavy atom. The van der Waals surface area contributed by atoms with E-state index >= 15 is 0 Å². The van der Waals surface area contributed by atoms with Gasteiger partial charge in [-0.05, 0) is 31.0 Å². The number of rotatable bonds is 4. The van der Waals surface area contributed by atoms with Crippen molar-refractivity contribution < 1.29 is 18.3 Å². The molecule has 1 aromatic carbocycles. The van der Waals surface area contributed by atoms with E-state index in [4.69, 9.17) is 10.5 Å². The molecule has 0 radical (unpaired) electrons. The van der Waals surface area contributed by atoms with E-state index in [-0.39, 0.29) is 18.3 Å². The summed E-state index contributed by atoms with van der Waals surface area (Å²) in [4.78, 5) is 12.6. The maximum absolute atomic E-state index is 12.3. The molecule has 1 saturated heterocycles. The van der Waals surface area contributed by atoms with E-state index in [1.54, 1.807) is 18.2 Å². The molecule has 0 aromatic heterocycles. The fourth-order valence-corrected chi connectivity index (χ4v) is 2.53. The molecule has 0 bridgehead atoms. The average molecular weight is 339 g/mol.